The standard InChI is InChI=1S/C19H29NO3/c1-18-6-5-12-11(13(18)8-15(22)17(18)20)4-3-10-7-14(21)16(23)9-19(10,12)2/h3-4,12-17,21-23H,5-9,20H2,1-2H3/t12-,13-,14+,15+,16+,17-,18-,19-/m0/s1. The molecule has 4 nitrogen and oxygen atoms in total. The average Bonchev–Trinajstić information content (AvgIpc) is 2.73. The second-order valence-corrected chi connectivity index (χ2v) is 8.80. The zero-order valence-corrected chi connectivity index (χ0v) is 14.1. The number of aliphatic hydroxyl groups excluding tert-OH is 3. The summed E-state index contributed by atoms with van der Waals surface area (Å²) in [5, 5.41) is 30.6. The predicted octanol–water partition coefficient (Wildman–Crippen LogP) is 1.50. The van der Waals surface area contributed by atoms with Gasteiger partial charge in [0.25, 0.3) is 0 Å². The maximum Gasteiger partial charge on any atom is 0.0836 e. The van der Waals surface area contributed by atoms with E-state index in [0.29, 0.717) is 24.7 Å². The van der Waals surface area contributed by atoms with Gasteiger partial charge in [-0.05, 0) is 54.8 Å². The molecule has 23 heavy (non-hydrogen) atoms. The van der Waals surface area contributed by atoms with Gasteiger partial charge in [-0.15, -0.1) is 0 Å². The lowest BCUT2D eigenvalue weighted by Crippen LogP contribution is -2.51. The van der Waals surface area contributed by atoms with Crippen LogP contribution >= 0.6 is 0 Å². The average molecular weight is 319 g/mol. The fourth-order valence-corrected chi connectivity index (χ4v) is 6.09. The van der Waals surface area contributed by atoms with E-state index in [1.54, 1.807) is 0 Å². The number of nitrogens with two attached hydrogens (primary N) is 1. The van der Waals surface area contributed by atoms with Crippen LogP contribution in [0.25, 0.3) is 0 Å². The molecule has 128 valence electrons. The molecule has 4 aliphatic rings. The van der Waals surface area contributed by atoms with Crippen LogP contribution in [0.15, 0.2) is 23.3 Å². The van der Waals surface area contributed by atoms with E-state index in [4.69, 9.17) is 5.73 Å². The van der Waals surface area contributed by atoms with Crippen LogP contribution in [0.2, 0.25) is 0 Å². The Morgan fingerprint density at radius 3 is 2.52 bits per heavy atom. The lowest BCUT2D eigenvalue weighted by atomic mass is 9.51. The monoisotopic (exact) mass is 319 g/mol. The SMILES string of the molecule is C[C@]12CC[C@H]3C(=CC=C4C[C@@H](O)[C@H](O)C[C@@]43C)[C@@H]1C[C@@H](O)[C@@H]2N. The van der Waals surface area contributed by atoms with E-state index in [1.807, 2.05) is 0 Å². The van der Waals surface area contributed by atoms with Gasteiger partial charge in [-0.2, -0.15) is 0 Å². The van der Waals surface area contributed by atoms with E-state index in [2.05, 4.69) is 26.0 Å². The van der Waals surface area contributed by atoms with Crippen molar-refractivity contribution in [2.75, 3.05) is 0 Å². The van der Waals surface area contributed by atoms with Crippen LogP contribution in [0.5, 0.6) is 0 Å². The van der Waals surface area contributed by atoms with Crippen molar-refractivity contribution in [1.29, 1.82) is 0 Å². The molecule has 0 aromatic heterocycles. The van der Waals surface area contributed by atoms with Gasteiger partial charge < -0.3 is 21.1 Å². The normalized spacial score (nSPS) is 55.4. The van der Waals surface area contributed by atoms with Gasteiger partial charge >= 0.3 is 0 Å². The van der Waals surface area contributed by atoms with E-state index in [1.165, 1.54) is 11.1 Å². The van der Waals surface area contributed by atoms with Gasteiger partial charge in [0.2, 0.25) is 0 Å². The molecule has 3 saturated carbocycles. The zero-order valence-electron chi connectivity index (χ0n) is 14.1. The first-order valence-corrected chi connectivity index (χ1v) is 8.98. The summed E-state index contributed by atoms with van der Waals surface area (Å²) >= 11 is 0. The highest BCUT2D eigenvalue weighted by molar-refractivity contribution is 5.39. The van der Waals surface area contributed by atoms with Crippen LogP contribution < -0.4 is 5.73 Å². The van der Waals surface area contributed by atoms with Crippen molar-refractivity contribution in [2.24, 2.45) is 28.4 Å². The zero-order chi connectivity index (χ0) is 16.6. The molecule has 0 spiro atoms. The molecular weight excluding hydrogens is 290 g/mol. The summed E-state index contributed by atoms with van der Waals surface area (Å²) in [6, 6.07) is -0.147. The van der Waals surface area contributed by atoms with Gasteiger partial charge in [-0.1, -0.05) is 37.1 Å². The largest absolute Gasteiger partial charge is 0.391 e. The highest BCUT2D eigenvalue weighted by Crippen LogP contribution is 2.63. The van der Waals surface area contributed by atoms with Crippen LogP contribution in [0, 0.1) is 22.7 Å². The van der Waals surface area contributed by atoms with Gasteiger partial charge in [0.15, 0.2) is 0 Å². The molecule has 8 atom stereocenters. The minimum atomic E-state index is -0.639. The number of rotatable bonds is 0. The van der Waals surface area contributed by atoms with E-state index in [0.717, 1.165) is 19.3 Å². The van der Waals surface area contributed by atoms with Crippen molar-refractivity contribution in [2.45, 2.75) is 70.3 Å². The smallest absolute Gasteiger partial charge is 0.0836 e. The van der Waals surface area contributed by atoms with E-state index in [-0.39, 0.29) is 16.9 Å². The fraction of sp³-hybridized carbons (Fsp3) is 0.789. The number of allylic oxidation sites excluding steroid dienone is 3. The summed E-state index contributed by atoms with van der Waals surface area (Å²) in [6.07, 6.45) is 6.74. The lowest BCUT2D eigenvalue weighted by molar-refractivity contribution is -0.0436. The van der Waals surface area contributed by atoms with Crippen molar-refractivity contribution in [3.05, 3.63) is 23.3 Å². The molecule has 0 aromatic carbocycles. The Balaban J connectivity index is 1.74. The molecular formula is C19H29NO3. The third kappa shape index (κ3) is 1.98. The van der Waals surface area contributed by atoms with E-state index in [9.17, 15) is 15.3 Å². The van der Waals surface area contributed by atoms with Crippen LogP contribution in [0.1, 0.15) is 46.0 Å². The highest BCUT2D eigenvalue weighted by atomic mass is 16.3. The van der Waals surface area contributed by atoms with Crippen molar-refractivity contribution in [3.8, 4) is 0 Å². The molecule has 4 heteroatoms. The molecule has 4 rings (SSSR count). The molecule has 5 N–H and O–H groups in total. The summed E-state index contributed by atoms with van der Waals surface area (Å²) in [4.78, 5) is 0. The third-order valence-corrected chi connectivity index (χ3v) is 7.71. The second-order valence-electron chi connectivity index (χ2n) is 8.80. The molecule has 0 bridgehead atoms. The van der Waals surface area contributed by atoms with Crippen LogP contribution in [-0.4, -0.2) is 39.7 Å². The summed E-state index contributed by atoms with van der Waals surface area (Å²) in [6.45, 7) is 4.48. The minimum absolute atomic E-state index is 0.0176. The molecule has 0 amide bonds. The van der Waals surface area contributed by atoms with E-state index >= 15 is 0 Å². The van der Waals surface area contributed by atoms with E-state index < -0.39 is 18.3 Å². The van der Waals surface area contributed by atoms with Crippen LogP contribution in [-0.2, 0) is 0 Å². The predicted molar refractivity (Wildman–Crippen MR) is 88.4 cm³/mol. The maximum absolute atomic E-state index is 10.3. The van der Waals surface area contributed by atoms with Gasteiger partial charge in [0.05, 0.1) is 18.3 Å². The van der Waals surface area contributed by atoms with Gasteiger partial charge in [0, 0.05) is 6.04 Å². The molecule has 3 fully saturated rings. The summed E-state index contributed by atoms with van der Waals surface area (Å²) in [7, 11) is 0. The molecule has 0 aliphatic heterocycles. The van der Waals surface area contributed by atoms with Gasteiger partial charge in [-0.3, -0.25) is 0 Å². The topological polar surface area (TPSA) is 86.7 Å². The first-order chi connectivity index (χ1) is 10.8. The Morgan fingerprint density at radius 1 is 1.04 bits per heavy atom. The van der Waals surface area contributed by atoms with Crippen LogP contribution in [0.3, 0.4) is 0 Å². The van der Waals surface area contributed by atoms with Crippen molar-refractivity contribution >= 4 is 0 Å². The quantitative estimate of drug-likeness (QED) is 0.545. The molecule has 0 unspecified atom stereocenters. The van der Waals surface area contributed by atoms with Gasteiger partial charge in [-0.25, -0.2) is 0 Å². The molecule has 0 aromatic rings. The number of aliphatic hydroxyl groups is 3. The Kier molecular flexibility index (Phi) is 3.38. The minimum Gasteiger partial charge on any atom is -0.391 e. The first-order valence-electron chi connectivity index (χ1n) is 8.98. The van der Waals surface area contributed by atoms with Crippen LogP contribution in [0.4, 0.5) is 0 Å². The van der Waals surface area contributed by atoms with Crippen molar-refractivity contribution in [3.63, 3.8) is 0 Å². The maximum atomic E-state index is 10.3. The number of hydrogen-bond acceptors (Lipinski definition) is 4. The third-order valence-electron chi connectivity index (χ3n) is 7.71. The molecule has 4 aliphatic carbocycles. The fourth-order valence-electron chi connectivity index (χ4n) is 6.09. The van der Waals surface area contributed by atoms with Gasteiger partial charge in [0.1, 0.15) is 0 Å². The molecule has 0 radical (unpaired) electrons. The Bertz CT molecular complexity index is 585. The Labute approximate surface area is 138 Å². The Morgan fingerprint density at radius 2 is 1.78 bits per heavy atom. The summed E-state index contributed by atoms with van der Waals surface area (Å²) < 4.78 is 0. The first kappa shape index (κ1) is 15.8. The number of fused-ring (bicyclic) bond motifs is 5. The summed E-state index contributed by atoms with van der Waals surface area (Å²) in [5.41, 5.74) is 8.93. The van der Waals surface area contributed by atoms with Crippen molar-refractivity contribution < 1.29 is 15.3 Å². The number of hydrogen-bond donors (Lipinski definition) is 4. The van der Waals surface area contributed by atoms with Crippen molar-refractivity contribution in [1.82, 2.24) is 0 Å². The Hall–Kier alpha value is -0.680. The molecule has 0 heterocycles. The molecule has 0 saturated heterocycles. The second kappa shape index (κ2) is 4.92. The lowest BCUT2D eigenvalue weighted by Gasteiger charge is -2.55. The summed E-state index contributed by atoms with van der Waals surface area (Å²) in [5.74, 6) is 0.741. The highest BCUT2D eigenvalue weighted by Gasteiger charge is 2.58.